The number of carbonyl (C=O) groups excluding carboxylic acids is 2. The summed E-state index contributed by atoms with van der Waals surface area (Å²) in [6, 6.07) is 12.1. The first kappa shape index (κ1) is 25.5. The second kappa shape index (κ2) is 12.4. The number of nitrogens with zero attached hydrogens (tertiary/aromatic N) is 2. The van der Waals surface area contributed by atoms with E-state index in [2.05, 4.69) is 28.5 Å². The molecule has 2 aromatic heterocycles. The van der Waals surface area contributed by atoms with E-state index in [-0.39, 0.29) is 11.9 Å². The van der Waals surface area contributed by atoms with Gasteiger partial charge in [0.05, 0.1) is 28.2 Å². The second-order valence-corrected chi connectivity index (χ2v) is 10.4. The summed E-state index contributed by atoms with van der Waals surface area (Å²) in [5.41, 5.74) is 3.21. The Labute approximate surface area is 212 Å². The summed E-state index contributed by atoms with van der Waals surface area (Å²) in [5.74, 6) is 0.470. The number of thiophene rings is 1. The summed E-state index contributed by atoms with van der Waals surface area (Å²) in [4.78, 5) is 33.6. The quantitative estimate of drug-likeness (QED) is 0.373. The van der Waals surface area contributed by atoms with Gasteiger partial charge in [-0.25, -0.2) is 4.98 Å². The fourth-order valence-corrected chi connectivity index (χ4v) is 5.89. The molecule has 0 unspecified atom stereocenters. The third-order valence-corrected chi connectivity index (χ3v) is 7.96. The van der Waals surface area contributed by atoms with Crippen LogP contribution in [0.1, 0.15) is 54.9 Å². The van der Waals surface area contributed by atoms with Gasteiger partial charge < -0.3 is 15.4 Å². The Morgan fingerprint density at radius 1 is 1.20 bits per heavy atom. The number of nitrogens with one attached hydrogen (secondary N) is 2. The highest BCUT2D eigenvalue weighted by molar-refractivity contribution is 7.13. The van der Waals surface area contributed by atoms with E-state index in [1.165, 1.54) is 32.1 Å². The lowest BCUT2D eigenvalue weighted by atomic mass is 9.84. The molecule has 0 aliphatic heterocycles. The van der Waals surface area contributed by atoms with Crippen molar-refractivity contribution in [1.82, 2.24) is 20.5 Å². The van der Waals surface area contributed by atoms with Crippen LogP contribution in [0.2, 0.25) is 0 Å². The highest BCUT2D eigenvalue weighted by atomic mass is 32.1. The summed E-state index contributed by atoms with van der Waals surface area (Å²) in [5, 5.41) is 9.41. The Bertz CT molecular complexity index is 1130. The van der Waals surface area contributed by atoms with E-state index in [1.54, 1.807) is 11.3 Å². The van der Waals surface area contributed by atoms with Gasteiger partial charge in [0.25, 0.3) is 5.91 Å². The van der Waals surface area contributed by atoms with E-state index in [1.807, 2.05) is 42.8 Å². The van der Waals surface area contributed by atoms with Crippen molar-refractivity contribution in [2.45, 2.75) is 51.6 Å². The summed E-state index contributed by atoms with van der Waals surface area (Å²) in [6.07, 6.45) is 7.04. The molecule has 0 spiro atoms. The van der Waals surface area contributed by atoms with Gasteiger partial charge in [-0.05, 0) is 50.2 Å². The molecule has 2 N–H and O–H groups in total. The summed E-state index contributed by atoms with van der Waals surface area (Å²) >= 11 is 1.62. The van der Waals surface area contributed by atoms with Gasteiger partial charge in [0, 0.05) is 36.6 Å². The van der Waals surface area contributed by atoms with Crippen LogP contribution in [-0.2, 0) is 11.3 Å². The average molecular weight is 493 g/mol. The smallest absolute Gasteiger partial charge is 0.252 e. The fourth-order valence-electron chi connectivity index (χ4n) is 5.15. The van der Waals surface area contributed by atoms with Crippen LogP contribution in [0.4, 0.5) is 0 Å². The van der Waals surface area contributed by atoms with Crippen LogP contribution < -0.4 is 10.6 Å². The van der Waals surface area contributed by atoms with E-state index in [0.717, 1.165) is 39.9 Å². The zero-order valence-electron chi connectivity index (χ0n) is 20.8. The Balaban J connectivity index is 1.80. The van der Waals surface area contributed by atoms with Crippen molar-refractivity contribution in [1.29, 1.82) is 0 Å². The standard InChI is InChI=1S/C28H36N4O2S/c1-20(21-9-4-3-5-10-21)30-28(34)26-22-11-6-7-12-24(22)31-27(25-13-8-18-35-25)23(26)19-32(16-17-33)15-14-29-2/h6-8,11-13,17-18,20-21,29H,3-5,9-10,14-16,19H2,1-2H3,(H,30,34)/t20-/m0/s1. The molecule has 0 saturated heterocycles. The van der Waals surface area contributed by atoms with E-state index in [4.69, 9.17) is 4.98 Å². The number of likely N-dealkylation sites (N-methyl/N-ethyl adjacent to an activating group) is 1. The van der Waals surface area contributed by atoms with Crippen molar-refractivity contribution in [3.63, 3.8) is 0 Å². The largest absolute Gasteiger partial charge is 0.349 e. The lowest BCUT2D eigenvalue weighted by Gasteiger charge is -2.29. The van der Waals surface area contributed by atoms with Crippen molar-refractivity contribution >= 4 is 34.4 Å². The molecular formula is C28H36N4O2S. The van der Waals surface area contributed by atoms with Crippen LogP contribution in [0.3, 0.4) is 0 Å². The van der Waals surface area contributed by atoms with Gasteiger partial charge in [0.15, 0.2) is 0 Å². The Kier molecular flexibility index (Phi) is 9.01. The number of benzene rings is 1. The van der Waals surface area contributed by atoms with Crippen molar-refractivity contribution in [2.75, 3.05) is 26.7 Å². The molecule has 0 bridgehead atoms. The first-order valence-electron chi connectivity index (χ1n) is 12.7. The minimum atomic E-state index is -0.0471. The van der Waals surface area contributed by atoms with Gasteiger partial charge in [0.1, 0.15) is 6.29 Å². The van der Waals surface area contributed by atoms with Gasteiger partial charge in [-0.2, -0.15) is 0 Å². The van der Waals surface area contributed by atoms with Crippen molar-refractivity contribution in [2.24, 2.45) is 5.92 Å². The molecule has 186 valence electrons. The Morgan fingerprint density at radius 3 is 2.71 bits per heavy atom. The zero-order valence-corrected chi connectivity index (χ0v) is 21.6. The van der Waals surface area contributed by atoms with Crippen LogP contribution in [-0.4, -0.2) is 54.8 Å². The van der Waals surface area contributed by atoms with Gasteiger partial charge in [-0.15, -0.1) is 11.3 Å². The Hall–Kier alpha value is -2.61. The number of hydrogen-bond donors (Lipinski definition) is 2. The molecule has 1 aliphatic carbocycles. The van der Waals surface area contributed by atoms with Crippen LogP contribution in [0.25, 0.3) is 21.5 Å². The van der Waals surface area contributed by atoms with Crippen LogP contribution in [0.5, 0.6) is 0 Å². The second-order valence-electron chi connectivity index (χ2n) is 9.47. The Morgan fingerprint density at radius 2 is 2.00 bits per heavy atom. The SMILES string of the molecule is CNCCN(CC=O)Cc1c(-c2cccs2)nc2ccccc2c1C(=O)N[C@@H](C)C1CCCCC1. The van der Waals surface area contributed by atoms with Crippen LogP contribution in [0, 0.1) is 5.92 Å². The molecule has 2 heterocycles. The highest BCUT2D eigenvalue weighted by Crippen LogP contribution is 2.34. The van der Waals surface area contributed by atoms with Crippen LogP contribution >= 0.6 is 11.3 Å². The molecule has 1 amide bonds. The molecule has 35 heavy (non-hydrogen) atoms. The zero-order chi connectivity index (χ0) is 24.6. The maximum atomic E-state index is 14.0. The van der Waals surface area contributed by atoms with E-state index in [9.17, 15) is 9.59 Å². The number of aldehydes is 1. The molecule has 1 fully saturated rings. The number of aromatic nitrogens is 1. The van der Waals surface area contributed by atoms with Gasteiger partial charge >= 0.3 is 0 Å². The monoisotopic (exact) mass is 492 g/mol. The van der Waals surface area contributed by atoms with E-state index < -0.39 is 0 Å². The van der Waals surface area contributed by atoms with Gasteiger partial charge in [-0.1, -0.05) is 43.5 Å². The van der Waals surface area contributed by atoms with E-state index >= 15 is 0 Å². The topological polar surface area (TPSA) is 74.3 Å². The third kappa shape index (κ3) is 6.15. The van der Waals surface area contributed by atoms with Gasteiger partial charge in [-0.3, -0.25) is 9.69 Å². The molecule has 3 aromatic rings. The number of hydrogen-bond acceptors (Lipinski definition) is 6. The molecule has 1 aromatic carbocycles. The molecule has 1 saturated carbocycles. The van der Waals surface area contributed by atoms with Crippen LogP contribution in [0.15, 0.2) is 41.8 Å². The number of rotatable bonds is 11. The first-order chi connectivity index (χ1) is 17.1. The predicted molar refractivity (Wildman–Crippen MR) is 144 cm³/mol. The number of pyridine rings is 1. The summed E-state index contributed by atoms with van der Waals surface area (Å²) in [6.45, 7) is 4.38. The average Bonchev–Trinajstić information content (AvgIpc) is 3.42. The first-order valence-corrected chi connectivity index (χ1v) is 13.6. The third-order valence-electron chi connectivity index (χ3n) is 7.08. The van der Waals surface area contributed by atoms with Gasteiger partial charge in [0.2, 0.25) is 0 Å². The molecule has 4 rings (SSSR count). The van der Waals surface area contributed by atoms with Crippen molar-refractivity contribution < 1.29 is 9.59 Å². The van der Waals surface area contributed by atoms with Crippen molar-refractivity contribution in [3.8, 4) is 10.6 Å². The summed E-state index contributed by atoms with van der Waals surface area (Å²) < 4.78 is 0. The normalized spacial score (nSPS) is 15.4. The maximum absolute atomic E-state index is 14.0. The number of amides is 1. The minimum Gasteiger partial charge on any atom is -0.349 e. The summed E-state index contributed by atoms with van der Waals surface area (Å²) in [7, 11) is 1.90. The highest BCUT2D eigenvalue weighted by Gasteiger charge is 2.27. The van der Waals surface area contributed by atoms with Crippen molar-refractivity contribution in [3.05, 3.63) is 52.9 Å². The fraction of sp³-hybridized carbons (Fsp3) is 0.464. The lowest BCUT2D eigenvalue weighted by molar-refractivity contribution is -0.109. The maximum Gasteiger partial charge on any atom is 0.252 e. The lowest BCUT2D eigenvalue weighted by Crippen LogP contribution is -2.40. The molecule has 0 radical (unpaired) electrons. The molecule has 1 aliphatic rings. The molecule has 1 atom stereocenters. The minimum absolute atomic E-state index is 0.0471. The predicted octanol–water partition coefficient (Wildman–Crippen LogP) is 4.88. The number of fused-ring (bicyclic) bond motifs is 1. The number of carbonyl (C=O) groups is 2. The molecule has 6 nitrogen and oxygen atoms in total. The molecular weight excluding hydrogens is 456 g/mol. The van der Waals surface area contributed by atoms with E-state index in [0.29, 0.717) is 31.1 Å². The number of para-hydroxylation sites is 1. The molecule has 7 heteroatoms.